The molecule has 0 amide bonds. The molecule has 0 atom stereocenters. The van der Waals surface area contributed by atoms with E-state index >= 15 is 0 Å². The van der Waals surface area contributed by atoms with Crippen molar-refractivity contribution in [3.05, 3.63) is 11.6 Å². The van der Waals surface area contributed by atoms with E-state index in [0.29, 0.717) is 6.42 Å². The van der Waals surface area contributed by atoms with E-state index in [2.05, 4.69) is 4.90 Å². The van der Waals surface area contributed by atoms with Crippen LogP contribution in [-0.2, 0) is 14.3 Å². The predicted octanol–water partition coefficient (Wildman–Crippen LogP) is 1.85. The van der Waals surface area contributed by atoms with Gasteiger partial charge in [0.15, 0.2) is 0 Å². The second-order valence-corrected chi connectivity index (χ2v) is 4.86. The fourth-order valence-electron chi connectivity index (χ4n) is 1.62. The summed E-state index contributed by atoms with van der Waals surface area (Å²) in [6.45, 7) is 5.28. The van der Waals surface area contributed by atoms with Crippen molar-refractivity contribution in [1.82, 2.24) is 4.90 Å². The summed E-state index contributed by atoms with van der Waals surface area (Å²) in [5, 5.41) is 0. The van der Waals surface area contributed by atoms with Gasteiger partial charge in [0.05, 0.1) is 13.7 Å². The van der Waals surface area contributed by atoms with E-state index in [1.54, 1.807) is 0 Å². The van der Waals surface area contributed by atoms with E-state index in [9.17, 15) is 4.79 Å². The topological polar surface area (TPSA) is 38.8 Å². The minimum Gasteiger partial charge on any atom is -0.466 e. The molecule has 0 spiro atoms. The van der Waals surface area contributed by atoms with Crippen LogP contribution >= 0.6 is 0 Å². The number of carbonyl (C=O) groups excluding carboxylic acids is 1. The zero-order chi connectivity index (χ0) is 13.4. The molecule has 4 nitrogen and oxygen atoms in total. The van der Waals surface area contributed by atoms with Crippen LogP contribution in [0.5, 0.6) is 0 Å². The molecule has 0 aliphatic heterocycles. The summed E-state index contributed by atoms with van der Waals surface area (Å²) in [7, 11) is 3.45. The van der Waals surface area contributed by atoms with Crippen LogP contribution in [0.3, 0.4) is 0 Å². The van der Waals surface area contributed by atoms with Crippen LogP contribution in [0, 0.1) is 5.92 Å². The standard InChI is InChI=1S/C14H25NO3/c1-4-13(14(16)17-3)7-8-15(2)9-10-18-11-12-5-6-12/h7,12H,4-6,8-11H2,1-3H3. The second kappa shape index (κ2) is 8.27. The molecule has 0 aromatic carbocycles. The highest BCUT2D eigenvalue weighted by Gasteiger charge is 2.20. The molecule has 0 aromatic heterocycles. The first-order valence-electron chi connectivity index (χ1n) is 6.71. The maximum atomic E-state index is 11.4. The summed E-state index contributed by atoms with van der Waals surface area (Å²) in [5.74, 6) is 0.595. The lowest BCUT2D eigenvalue weighted by molar-refractivity contribution is -0.136. The predicted molar refractivity (Wildman–Crippen MR) is 71.4 cm³/mol. The van der Waals surface area contributed by atoms with Gasteiger partial charge in [-0.2, -0.15) is 0 Å². The Morgan fingerprint density at radius 2 is 2.17 bits per heavy atom. The Bertz CT molecular complexity index is 285. The smallest absolute Gasteiger partial charge is 0.333 e. The Hall–Kier alpha value is -0.870. The van der Waals surface area contributed by atoms with Crippen molar-refractivity contribution in [2.24, 2.45) is 5.92 Å². The van der Waals surface area contributed by atoms with Gasteiger partial charge in [-0.3, -0.25) is 0 Å². The van der Waals surface area contributed by atoms with Crippen LogP contribution in [-0.4, -0.2) is 51.3 Å². The SMILES string of the molecule is CCC(=CCN(C)CCOCC1CC1)C(=O)OC. The fourth-order valence-corrected chi connectivity index (χ4v) is 1.62. The van der Waals surface area contributed by atoms with E-state index in [1.807, 2.05) is 20.0 Å². The Morgan fingerprint density at radius 3 is 2.72 bits per heavy atom. The van der Waals surface area contributed by atoms with Crippen LogP contribution in [0.2, 0.25) is 0 Å². The van der Waals surface area contributed by atoms with Crippen molar-refractivity contribution in [3.63, 3.8) is 0 Å². The van der Waals surface area contributed by atoms with E-state index < -0.39 is 0 Å². The molecule has 1 saturated carbocycles. The van der Waals surface area contributed by atoms with Gasteiger partial charge in [-0.25, -0.2) is 4.79 Å². The summed E-state index contributed by atoms with van der Waals surface area (Å²) >= 11 is 0. The van der Waals surface area contributed by atoms with Gasteiger partial charge in [0, 0.05) is 25.3 Å². The van der Waals surface area contributed by atoms with Crippen LogP contribution in [0.25, 0.3) is 0 Å². The van der Waals surface area contributed by atoms with Crippen molar-refractivity contribution in [2.45, 2.75) is 26.2 Å². The minimum absolute atomic E-state index is 0.226. The molecule has 0 bridgehead atoms. The molecule has 4 heteroatoms. The molecule has 18 heavy (non-hydrogen) atoms. The van der Waals surface area contributed by atoms with Gasteiger partial charge in [-0.1, -0.05) is 13.0 Å². The Balaban J connectivity index is 2.14. The van der Waals surface area contributed by atoms with Gasteiger partial charge < -0.3 is 14.4 Å². The molecule has 1 aliphatic rings. The van der Waals surface area contributed by atoms with Gasteiger partial charge in [0.2, 0.25) is 0 Å². The molecule has 0 unspecified atom stereocenters. The number of methoxy groups -OCH3 is 1. The molecule has 0 N–H and O–H groups in total. The lowest BCUT2D eigenvalue weighted by atomic mass is 10.2. The highest BCUT2D eigenvalue weighted by molar-refractivity contribution is 5.88. The Labute approximate surface area is 110 Å². The zero-order valence-corrected chi connectivity index (χ0v) is 11.8. The molecule has 0 aromatic rings. The Morgan fingerprint density at radius 1 is 1.44 bits per heavy atom. The number of rotatable bonds is 9. The maximum absolute atomic E-state index is 11.4. The maximum Gasteiger partial charge on any atom is 0.333 e. The Kier molecular flexibility index (Phi) is 6.98. The number of ether oxygens (including phenoxy) is 2. The quantitative estimate of drug-likeness (QED) is 0.358. The highest BCUT2D eigenvalue weighted by atomic mass is 16.5. The summed E-state index contributed by atoms with van der Waals surface area (Å²) in [6, 6.07) is 0. The third kappa shape index (κ3) is 6.17. The molecule has 1 aliphatic carbocycles. The van der Waals surface area contributed by atoms with Gasteiger partial charge in [-0.05, 0) is 32.2 Å². The third-order valence-corrected chi connectivity index (χ3v) is 3.15. The molecular weight excluding hydrogens is 230 g/mol. The van der Waals surface area contributed by atoms with E-state index in [1.165, 1.54) is 20.0 Å². The van der Waals surface area contributed by atoms with Crippen molar-refractivity contribution in [1.29, 1.82) is 0 Å². The number of hydrogen-bond acceptors (Lipinski definition) is 4. The fraction of sp³-hybridized carbons (Fsp3) is 0.786. The van der Waals surface area contributed by atoms with Gasteiger partial charge in [-0.15, -0.1) is 0 Å². The average molecular weight is 255 g/mol. The second-order valence-electron chi connectivity index (χ2n) is 4.86. The highest BCUT2D eigenvalue weighted by Crippen LogP contribution is 2.28. The summed E-state index contributed by atoms with van der Waals surface area (Å²) in [6.07, 6.45) is 5.31. The zero-order valence-electron chi connectivity index (χ0n) is 11.8. The number of hydrogen-bond donors (Lipinski definition) is 0. The van der Waals surface area contributed by atoms with Crippen molar-refractivity contribution < 1.29 is 14.3 Å². The van der Waals surface area contributed by atoms with Crippen molar-refractivity contribution in [3.8, 4) is 0 Å². The van der Waals surface area contributed by atoms with Gasteiger partial charge in [0.25, 0.3) is 0 Å². The summed E-state index contributed by atoms with van der Waals surface area (Å²) in [5.41, 5.74) is 0.739. The summed E-state index contributed by atoms with van der Waals surface area (Å²) < 4.78 is 10.3. The van der Waals surface area contributed by atoms with Crippen LogP contribution in [0.4, 0.5) is 0 Å². The molecule has 1 fully saturated rings. The van der Waals surface area contributed by atoms with Gasteiger partial charge in [0.1, 0.15) is 0 Å². The molecule has 0 radical (unpaired) electrons. The van der Waals surface area contributed by atoms with Crippen LogP contribution in [0.1, 0.15) is 26.2 Å². The summed E-state index contributed by atoms with van der Waals surface area (Å²) in [4.78, 5) is 13.5. The van der Waals surface area contributed by atoms with E-state index in [-0.39, 0.29) is 5.97 Å². The first kappa shape index (κ1) is 15.2. The monoisotopic (exact) mass is 255 g/mol. The molecule has 0 heterocycles. The van der Waals surface area contributed by atoms with E-state index in [0.717, 1.165) is 37.8 Å². The normalized spacial score (nSPS) is 16.1. The van der Waals surface area contributed by atoms with Gasteiger partial charge >= 0.3 is 5.97 Å². The molecule has 0 saturated heterocycles. The largest absolute Gasteiger partial charge is 0.466 e. The minimum atomic E-state index is -0.226. The van der Waals surface area contributed by atoms with Crippen molar-refractivity contribution in [2.75, 3.05) is 40.5 Å². The number of nitrogens with zero attached hydrogens (tertiary/aromatic N) is 1. The molecule has 104 valence electrons. The third-order valence-electron chi connectivity index (χ3n) is 3.15. The lowest BCUT2D eigenvalue weighted by Crippen LogP contribution is -2.24. The first-order chi connectivity index (χ1) is 8.67. The molecular formula is C14H25NO3. The molecule has 1 rings (SSSR count). The number of likely N-dealkylation sites (N-methyl/N-ethyl adjacent to an activating group) is 1. The van der Waals surface area contributed by atoms with Crippen LogP contribution in [0.15, 0.2) is 11.6 Å². The average Bonchev–Trinajstić information content (AvgIpc) is 3.19. The van der Waals surface area contributed by atoms with E-state index in [4.69, 9.17) is 9.47 Å². The first-order valence-corrected chi connectivity index (χ1v) is 6.71. The van der Waals surface area contributed by atoms with Crippen LogP contribution < -0.4 is 0 Å². The number of esters is 1. The van der Waals surface area contributed by atoms with Crippen molar-refractivity contribution >= 4 is 5.97 Å². The number of carbonyl (C=O) groups is 1. The lowest BCUT2D eigenvalue weighted by Gasteiger charge is -2.15.